The van der Waals surface area contributed by atoms with Gasteiger partial charge in [-0.3, -0.25) is 0 Å². The standard InChI is InChI=1S/C7H15IN2/c1-6-4-7(10(6)8)5-9(2)3/h6-7H,4-5H2,1-3H3. The first-order chi connectivity index (χ1) is 4.61. The van der Waals surface area contributed by atoms with Gasteiger partial charge in [0.05, 0.1) is 0 Å². The Hall–Kier alpha value is 0.650. The maximum Gasteiger partial charge on any atom is 0.0339 e. The van der Waals surface area contributed by atoms with Gasteiger partial charge in [0.2, 0.25) is 0 Å². The molecule has 0 aromatic heterocycles. The molecule has 1 saturated heterocycles. The highest BCUT2D eigenvalue weighted by molar-refractivity contribution is 14.1. The van der Waals surface area contributed by atoms with E-state index in [1.807, 2.05) is 0 Å². The molecule has 1 heterocycles. The molecule has 0 bridgehead atoms. The third kappa shape index (κ3) is 1.83. The second-order valence-electron chi connectivity index (χ2n) is 3.35. The van der Waals surface area contributed by atoms with Crippen molar-refractivity contribution in [2.45, 2.75) is 25.4 Å². The van der Waals surface area contributed by atoms with Gasteiger partial charge in [0, 0.05) is 41.5 Å². The molecular weight excluding hydrogens is 239 g/mol. The van der Waals surface area contributed by atoms with E-state index in [9.17, 15) is 0 Å². The molecule has 0 amide bonds. The number of likely N-dealkylation sites (N-methyl/N-ethyl adjacent to an activating group) is 1. The molecule has 0 saturated carbocycles. The van der Waals surface area contributed by atoms with E-state index in [0.29, 0.717) is 0 Å². The highest BCUT2D eigenvalue weighted by Crippen LogP contribution is 2.29. The number of halogens is 1. The number of hydrogen-bond donors (Lipinski definition) is 0. The molecule has 2 atom stereocenters. The summed E-state index contributed by atoms with van der Waals surface area (Å²) in [7, 11) is 4.26. The fraction of sp³-hybridized carbons (Fsp3) is 1.00. The molecule has 60 valence electrons. The summed E-state index contributed by atoms with van der Waals surface area (Å²) in [5.41, 5.74) is 0. The zero-order valence-electron chi connectivity index (χ0n) is 6.84. The number of hydrogen-bond acceptors (Lipinski definition) is 2. The smallest absolute Gasteiger partial charge is 0.0339 e. The molecule has 1 fully saturated rings. The van der Waals surface area contributed by atoms with Crippen LogP contribution in [0.3, 0.4) is 0 Å². The Bertz CT molecular complexity index is 116. The predicted octanol–water partition coefficient (Wildman–Crippen LogP) is 1.36. The SMILES string of the molecule is CC1CC(CN(C)C)N1I. The Labute approximate surface area is 77.1 Å². The molecule has 1 aliphatic rings. The molecule has 2 nitrogen and oxygen atoms in total. The van der Waals surface area contributed by atoms with Crippen molar-refractivity contribution in [1.29, 1.82) is 0 Å². The molecule has 2 unspecified atom stereocenters. The average Bonchev–Trinajstić information content (AvgIpc) is 1.86. The van der Waals surface area contributed by atoms with Crippen molar-refractivity contribution in [1.82, 2.24) is 8.01 Å². The zero-order valence-corrected chi connectivity index (χ0v) is 9.00. The molecule has 0 radical (unpaired) electrons. The normalized spacial score (nSPS) is 34.5. The van der Waals surface area contributed by atoms with Crippen LogP contribution in [-0.4, -0.2) is 40.7 Å². The van der Waals surface area contributed by atoms with Crippen LogP contribution >= 0.6 is 22.9 Å². The van der Waals surface area contributed by atoms with Crippen molar-refractivity contribution in [3.05, 3.63) is 0 Å². The van der Waals surface area contributed by atoms with E-state index in [4.69, 9.17) is 0 Å². The van der Waals surface area contributed by atoms with Gasteiger partial charge in [-0.25, -0.2) is 3.11 Å². The van der Waals surface area contributed by atoms with Crippen LogP contribution in [0.2, 0.25) is 0 Å². The molecular formula is C7H15IN2. The van der Waals surface area contributed by atoms with Crippen molar-refractivity contribution >= 4 is 22.9 Å². The fourth-order valence-electron chi connectivity index (χ4n) is 1.39. The lowest BCUT2D eigenvalue weighted by atomic mass is 9.98. The van der Waals surface area contributed by atoms with Gasteiger partial charge in [-0.15, -0.1) is 0 Å². The summed E-state index contributed by atoms with van der Waals surface area (Å²) >= 11 is 2.42. The van der Waals surface area contributed by atoms with Gasteiger partial charge in [-0.05, 0) is 27.4 Å². The Balaban J connectivity index is 2.20. The van der Waals surface area contributed by atoms with Crippen LogP contribution in [0.1, 0.15) is 13.3 Å². The maximum atomic E-state index is 2.42. The molecule has 0 N–H and O–H groups in total. The highest BCUT2D eigenvalue weighted by atomic mass is 127. The first-order valence-electron chi connectivity index (χ1n) is 3.70. The molecule has 3 heteroatoms. The lowest BCUT2D eigenvalue weighted by molar-refractivity contribution is 0.132. The van der Waals surface area contributed by atoms with Gasteiger partial charge in [-0.2, -0.15) is 0 Å². The quantitative estimate of drug-likeness (QED) is 0.542. The molecule has 1 aliphatic heterocycles. The summed E-state index contributed by atoms with van der Waals surface area (Å²) in [5.74, 6) is 0. The van der Waals surface area contributed by atoms with Crippen molar-refractivity contribution in [2.24, 2.45) is 0 Å². The van der Waals surface area contributed by atoms with Crippen LogP contribution in [0, 0.1) is 0 Å². The van der Waals surface area contributed by atoms with Gasteiger partial charge >= 0.3 is 0 Å². The van der Waals surface area contributed by atoms with E-state index in [-0.39, 0.29) is 0 Å². The summed E-state index contributed by atoms with van der Waals surface area (Å²) in [5, 5.41) is 0. The number of rotatable bonds is 2. The largest absolute Gasteiger partial charge is 0.308 e. The lowest BCUT2D eigenvalue weighted by Crippen LogP contribution is -2.52. The van der Waals surface area contributed by atoms with Crippen LogP contribution in [0.15, 0.2) is 0 Å². The van der Waals surface area contributed by atoms with E-state index >= 15 is 0 Å². The third-order valence-corrected chi connectivity index (χ3v) is 3.70. The van der Waals surface area contributed by atoms with Gasteiger partial charge in [0.1, 0.15) is 0 Å². The second-order valence-corrected chi connectivity index (χ2v) is 4.46. The maximum absolute atomic E-state index is 2.42. The van der Waals surface area contributed by atoms with E-state index in [2.05, 4.69) is 51.9 Å². The van der Waals surface area contributed by atoms with Crippen molar-refractivity contribution in [3.63, 3.8) is 0 Å². The molecule has 0 spiro atoms. The highest BCUT2D eigenvalue weighted by Gasteiger charge is 2.33. The Kier molecular flexibility index (Phi) is 2.94. The molecule has 0 aromatic rings. The van der Waals surface area contributed by atoms with Gasteiger partial charge < -0.3 is 4.90 Å². The molecule has 1 rings (SSSR count). The molecule has 0 aromatic carbocycles. The summed E-state index contributed by atoms with van der Waals surface area (Å²) in [6.45, 7) is 3.48. The van der Waals surface area contributed by atoms with Crippen LogP contribution in [-0.2, 0) is 0 Å². The Morgan fingerprint density at radius 2 is 2.20 bits per heavy atom. The van der Waals surface area contributed by atoms with Gasteiger partial charge in [-0.1, -0.05) is 0 Å². The van der Waals surface area contributed by atoms with Crippen molar-refractivity contribution in [2.75, 3.05) is 20.6 Å². The van der Waals surface area contributed by atoms with E-state index < -0.39 is 0 Å². The number of nitrogens with zero attached hydrogens (tertiary/aromatic N) is 2. The molecule has 0 aliphatic carbocycles. The third-order valence-electron chi connectivity index (χ3n) is 1.96. The lowest BCUT2D eigenvalue weighted by Gasteiger charge is -2.43. The predicted molar refractivity (Wildman–Crippen MR) is 52.3 cm³/mol. The summed E-state index contributed by atoms with van der Waals surface area (Å²) < 4.78 is 2.41. The van der Waals surface area contributed by atoms with Crippen LogP contribution < -0.4 is 0 Å². The van der Waals surface area contributed by atoms with E-state index in [0.717, 1.165) is 12.1 Å². The first kappa shape index (κ1) is 8.74. The first-order valence-corrected chi connectivity index (χ1v) is 4.66. The second kappa shape index (κ2) is 3.36. The summed E-state index contributed by atoms with van der Waals surface area (Å²) in [6, 6.07) is 1.59. The Morgan fingerprint density at radius 3 is 2.50 bits per heavy atom. The minimum atomic E-state index is 0.797. The minimum Gasteiger partial charge on any atom is -0.308 e. The van der Waals surface area contributed by atoms with E-state index in [1.165, 1.54) is 13.0 Å². The van der Waals surface area contributed by atoms with E-state index in [1.54, 1.807) is 0 Å². The fourth-order valence-corrected chi connectivity index (χ4v) is 2.02. The topological polar surface area (TPSA) is 6.48 Å². The van der Waals surface area contributed by atoms with Gasteiger partial charge in [0.25, 0.3) is 0 Å². The van der Waals surface area contributed by atoms with Gasteiger partial charge in [0.15, 0.2) is 0 Å². The monoisotopic (exact) mass is 254 g/mol. The molecule has 10 heavy (non-hydrogen) atoms. The van der Waals surface area contributed by atoms with Crippen LogP contribution in [0.5, 0.6) is 0 Å². The average molecular weight is 254 g/mol. The zero-order chi connectivity index (χ0) is 7.72. The Morgan fingerprint density at radius 1 is 1.60 bits per heavy atom. The summed E-state index contributed by atoms with van der Waals surface area (Å²) in [6.07, 6.45) is 1.36. The van der Waals surface area contributed by atoms with Crippen molar-refractivity contribution < 1.29 is 0 Å². The summed E-state index contributed by atoms with van der Waals surface area (Å²) in [4.78, 5) is 2.25. The van der Waals surface area contributed by atoms with Crippen LogP contribution in [0.25, 0.3) is 0 Å². The minimum absolute atomic E-state index is 0.797. The van der Waals surface area contributed by atoms with Crippen LogP contribution in [0.4, 0.5) is 0 Å². The van der Waals surface area contributed by atoms with Crippen molar-refractivity contribution in [3.8, 4) is 0 Å².